The molecule has 5 aliphatic carbocycles. The van der Waals surface area contributed by atoms with Crippen molar-refractivity contribution in [2.45, 2.75) is 107 Å². The molecule has 216 valence electrons. The van der Waals surface area contributed by atoms with Crippen LogP contribution in [0.3, 0.4) is 0 Å². The number of sulfonamides is 1. The molecule has 5 saturated carbocycles. The molecule has 0 unspecified atom stereocenters. The number of hydrogen-bond donors (Lipinski definition) is 4. The molecule has 4 N–H and O–H groups in total. The lowest BCUT2D eigenvalue weighted by atomic mass is 9.43. The molecule has 5 aliphatic rings. The Morgan fingerprint density at radius 2 is 1.45 bits per heavy atom. The van der Waals surface area contributed by atoms with Crippen molar-refractivity contribution < 1.29 is 13.2 Å². The van der Waals surface area contributed by atoms with Crippen LogP contribution in [0.4, 0.5) is 16.2 Å². The first-order chi connectivity index (χ1) is 18.8. The molecule has 0 aliphatic heterocycles. The Bertz CT molecular complexity index is 1500. The van der Waals surface area contributed by atoms with Gasteiger partial charge in [0.05, 0.1) is 4.90 Å². The molecule has 2 aromatic rings. The van der Waals surface area contributed by atoms with E-state index >= 15 is 0 Å². The van der Waals surface area contributed by atoms with E-state index in [4.69, 9.17) is 0 Å². The Morgan fingerprint density at radius 3 is 2.08 bits per heavy atom. The molecule has 2 atom stereocenters. The van der Waals surface area contributed by atoms with Crippen molar-refractivity contribution in [2.75, 3.05) is 10.0 Å². The SMILES string of the molecule is Cc1ccccc1S(=O)(=O)Nc1c(NC2CCC(NC(=O)NC34CC5C[C@@](C)(C3)C[C@@](C)(C5)C4)CC2)c(=O)c1=O. The van der Waals surface area contributed by atoms with E-state index in [0.717, 1.165) is 32.1 Å². The molecular formula is C30H40N4O5S. The molecule has 4 bridgehead atoms. The lowest BCUT2D eigenvalue weighted by Gasteiger charge is -2.65. The number of amides is 2. The molecule has 10 heteroatoms. The molecule has 2 aromatic carbocycles. The Balaban J connectivity index is 1.03. The minimum Gasteiger partial charge on any atom is -0.377 e. The third-order valence-corrected chi connectivity index (χ3v) is 11.5. The normalized spacial score (nSPS) is 34.9. The van der Waals surface area contributed by atoms with E-state index in [9.17, 15) is 22.8 Å². The van der Waals surface area contributed by atoms with Crippen LogP contribution in [0.2, 0.25) is 0 Å². The van der Waals surface area contributed by atoms with Crippen LogP contribution in [-0.2, 0) is 10.0 Å². The molecule has 5 fully saturated rings. The van der Waals surface area contributed by atoms with Crippen LogP contribution in [0, 0.1) is 23.7 Å². The predicted molar refractivity (Wildman–Crippen MR) is 155 cm³/mol. The second-order valence-corrected chi connectivity index (χ2v) is 15.6. The highest BCUT2D eigenvalue weighted by atomic mass is 32.2. The summed E-state index contributed by atoms with van der Waals surface area (Å²) in [5, 5.41) is 9.73. The number of benzene rings is 1. The Morgan fingerprint density at radius 1 is 0.850 bits per heavy atom. The molecule has 0 aromatic heterocycles. The van der Waals surface area contributed by atoms with Gasteiger partial charge in [0.25, 0.3) is 20.9 Å². The summed E-state index contributed by atoms with van der Waals surface area (Å²) in [5.74, 6) is 0.703. The van der Waals surface area contributed by atoms with Gasteiger partial charge in [-0.15, -0.1) is 0 Å². The van der Waals surface area contributed by atoms with Gasteiger partial charge in [0, 0.05) is 17.6 Å². The van der Waals surface area contributed by atoms with Crippen LogP contribution in [0.5, 0.6) is 0 Å². The zero-order valence-electron chi connectivity index (χ0n) is 23.6. The highest BCUT2D eigenvalue weighted by molar-refractivity contribution is 7.92. The summed E-state index contributed by atoms with van der Waals surface area (Å²) in [6, 6.07) is 6.34. The molecule has 0 saturated heterocycles. The quantitative estimate of drug-likeness (QED) is 0.371. The van der Waals surface area contributed by atoms with E-state index in [0.29, 0.717) is 35.2 Å². The standard InChI is InChI=1S/C30H40N4O5S/c1-18-6-4-5-7-22(18)40(38,39)34-24-23(25(35)26(24)36)31-20-8-10-21(11-9-20)32-27(37)33-30-14-19-12-28(2,16-30)15-29(3,13-19)17-30/h4-7,19-21,31,34H,8-17H2,1-3H3,(H2,32,33,37)/t19?,20?,21?,28-,29-,30?/m1/s1. The van der Waals surface area contributed by atoms with Gasteiger partial charge in [0.15, 0.2) is 0 Å². The highest BCUT2D eigenvalue weighted by Crippen LogP contribution is 2.66. The summed E-state index contributed by atoms with van der Waals surface area (Å²) in [7, 11) is -4.01. The average molecular weight is 569 g/mol. The lowest BCUT2D eigenvalue weighted by Crippen LogP contribution is -2.66. The van der Waals surface area contributed by atoms with Gasteiger partial charge in [0.2, 0.25) is 0 Å². The molecule has 40 heavy (non-hydrogen) atoms. The van der Waals surface area contributed by atoms with E-state index in [-0.39, 0.29) is 39.9 Å². The number of anilines is 2. The van der Waals surface area contributed by atoms with E-state index in [2.05, 4.69) is 34.5 Å². The zero-order chi connectivity index (χ0) is 28.5. The van der Waals surface area contributed by atoms with E-state index in [1.54, 1.807) is 25.1 Å². The van der Waals surface area contributed by atoms with Crippen molar-refractivity contribution in [1.82, 2.24) is 10.6 Å². The van der Waals surface area contributed by atoms with Crippen molar-refractivity contribution in [3.8, 4) is 0 Å². The van der Waals surface area contributed by atoms with E-state index in [1.165, 1.54) is 25.3 Å². The number of rotatable bonds is 7. The zero-order valence-corrected chi connectivity index (χ0v) is 24.4. The van der Waals surface area contributed by atoms with Crippen LogP contribution in [0.25, 0.3) is 0 Å². The van der Waals surface area contributed by atoms with Crippen molar-refractivity contribution in [1.29, 1.82) is 0 Å². The maximum Gasteiger partial charge on any atom is 0.315 e. The molecule has 0 heterocycles. The Hall–Kier alpha value is -2.88. The van der Waals surface area contributed by atoms with Crippen molar-refractivity contribution in [3.63, 3.8) is 0 Å². The smallest absolute Gasteiger partial charge is 0.315 e. The third-order valence-electron chi connectivity index (χ3n) is 9.95. The van der Waals surface area contributed by atoms with Gasteiger partial charge in [-0.25, -0.2) is 13.2 Å². The maximum absolute atomic E-state index is 13.1. The minimum absolute atomic E-state index is 0.0279. The van der Waals surface area contributed by atoms with Gasteiger partial charge in [0.1, 0.15) is 11.4 Å². The number of urea groups is 1. The van der Waals surface area contributed by atoms with Crippen LogP contribution >= 0.6 is 0 Å². The fourth-order valence-corrected chi connectivity index (χ4v) is 10.6. The Kier molecular flexibility index (Phi) is 6.36. The molecule has 9 nitrogen and oxygen atoms in total. The van der Waals surface area contributed by atoms with Crippen molar-refractivity contribution >= 4 is 27.4 Å². The van der Waals surface area contributed by atoms with Crippen molar-refractivity contribution in [2.24, 2.45) is 16.7 Å². The van der Waals surface area contributed by atoms with Gasteiger partial charge in [-0.05, 0) is 99.5 Å². The summed E-state index contributed by atoms with van der Waals surface area (Å²) < 4.78 is 28.1. The number of aryl methyl sites for hydroxylation is 1. The second-order valence-electron chi connectivity index (χ2n) is 14.0. The van der Waals surface area contributed by atoms with Gasteiger partial charge in [-0.2, -0.15) is 0 Å². The fraction of sp³-hybridized carbons (Fsp3) is 0.633. The van der Waals surface area contributed by atoms with Gasteiger partial charge in [-0.3, -0.25) is 14.3 Å². The average Bonchev–Trinajstić information content (AvgIpc) is 2.84. The lowest BCUT2D eigenvalue weighted by molar-refractivity contribution is -0.113. The molecule has 7 rings (SSSR count). The summed E-state index contributed by atoms with van der Waals surface area (Å²) in [6.45, 7) is 6.47. The van der Waals surface area contributed by atoms with Crippen LogP contribution in [0.1, 0.15) is 83.6 Å². The van der Waals surface area contributed by atoms with Gasteiger partial charge >= 0.3 is 6.03 Å². The highest BCUT2D eigenvalue weighted by Gasteiger charge is 2.60. The fourth-order valence-electron chi connectivity index (χ4n) is 9.31. The number of carbonyl (C=O) groups excluding carboxylic acids is 1. The number of nitrogens with one attached hydrogen (secondary N) is 4. The molecule has 2 amide bonds. The first kappa shape index (κ1) is 27.3. The molecule has 0 radical (unpaired) electrons. The summed E-state index contributed by atoms with van der Waals surface area (Å²) in [6.07, 6.45) is 9.88. The number of carbonyl (C=O) groups is 1. The second kappa shape index (κ2) is 9.33. The summed E-state index contributed by atoms with van der Waals surface area (Å²) in [4.78, 5) is 37.8. The van der Waals surface area contributed by atoms with Crippen LogP contribution in [0.15, 0.2) is 38.8 Å². The summed E-state index contributed by atoms with van der Waals surface area (Å²) in [5.41, 5.74) is -0.618. The maximum atomic E-state index is 13.1. The van der Waals surface area contributed by atoms with Gasteiger partial charge in [-0.1, -0.05) is 32.0 Å². The first-order valence-electron chi connectivity index (χ1n) is 14.5. The summed E-state index contributed by atoms with van der Waals surface area (Å²) >= 11 is 0. The Labute approximate surface area is 235 Å². The minimum atomic E-state index is -4.01. The monoisotopic (exact) mass is 568 g/mol. The topological polar surface area (TPSA) is 133 Å². The van der Waals surface area contributed by atoms with Crippen molar-refractivity contribution in [3.05, 3.63) is 50.3 Å². The first-order valence-corrected chi connectivity index (χ1v) is 16.0. The van der Waals surface area contributed by atoms with E-state index < -0.39 is 20.9 Å². The van der Waals surface area contributed by atoms with Crippen LogP contribution < -0.4 is 31.5 Å². The molecule has 0 spiro atoms. The number of hydrogen-bond acceptors (Lipinski definition) is 6. The predicted octanol–water partition coefficient (Wildman–Crippen LogP) is 4.16. The van der Waals surface area contributed by atoms with Crippen LogP contribution in [-0.4, -0.2) is 32.1 Å². The largest absolute Gasteiger partial charge is 0.377 e. The third kappa shape index (κ3) is 4.92. The van der Waals surface area contributed by atoms with Gasteiger partial charge < -0.3 is 16.0 Å². The van der Waals surface area contributed by atoms with E-state index in [1.807, 2.05) is 0 Å². The molecular weight excluding hydrogens is 528 g/mol.